The fraction of sp³-hybridized carbons (Fsp3) is 0.455. The van der Waals surface area contributed by atoms with Gasteiger partial charge in [0.05, 0.1) is 4.47 Å². The number of fused-ring (bicyclic) bond motifs is 1. The molecule has 1 aliphatic rings. The van der Waals surface area contributed by atoms with E-state index in [2.05, 4.69) is 46.9 Å². The molecule has 1 aromatic carbocycles. The van der Waals surface area contributed by atoms with Crippen molar-refractivity contribution in [1.82, 2.24) is 4.90 Å². The molecule has 14 heavy (non-hydrogen) atoms. The van der Waals surface area contributed by atoms with E-state index in [1.807, 2.05) is 6.07 Å². The van der Waals surface area contributed by atoms with Crippen molar-refractivity contribution in [2.45, 2.75) is 19.5 Å². The lowest BCUT2D eigenvalue weighted by atomic mass is 10.2. The SMILES string of the molecule is CC1COc2c(Br)cccc2CN1C. The molecular formula is C11H14BrNO. The minimum absolute atomic E-state index is 0.467. The summed E-state index contributed by atoms with van der Waals surface area (Å²) in [7, 11) is 2.13. The Balaban J connectivity index is 2.37. The van der Waals surface area contributed by atoms with Gasteiger partial charge in [-0.15, -0.1) is 0 Å². The van der Waals surface area contributed by atoms with E-state index in [4.69, 9.17) is 4.74 Å². The van der Waals surface area contributed by atoms with Gasteiger partial charge in [-0.1, -0.05) is 12.1 Å². The first-order valence-electron chi connectivity index (χ1n) is 4.79. The van der Waals surface area contributed by atoms with Crippen molar-refractivity contribution in [2.24, 2.45) is 0 Å². The monoisotopic (exact) mass is 255 g/mol. The Morgan fingerprint density at radius 1 is 1.50 bits per heavy atom. The second-order valence-corrected chi connectivity index (χ2v) is 4.66. The molecule has 0 fully saturated rings. The summed E-state index contributed by atoms with van der Waals surface area (Å²) in [6.07, 6.45) is 0. The molecule has 0 saturated heterocycles. The van der Waals surface area contributed by atoms with E-state index in [1.54, 1.807) is 0 Å². The van der Waals surface area contributed by atoms with Crippen molar-refractivity contribution < 1.29 is 4.74 Å². The number of benzene rings is 1. The smallest absolute Gasteiger partial charge is 0.138 e. The van der Waals surface area contributed by atoms with Crippen LogP contribution >= 0.6 is 15.9 Å². The molecule has 0 saturated carbocycles. The second kappa shape index (κ2) is 3.91. The predicted octanol–water partition coefficient (Wildman–Crippen LogP) is 2.66. The summed E-state index contributed by atoms with van der Waals surface area (Å²) in [6.45, 7) is 3.89. The fourth-order valence-electron chi connectivity index (χ4n) is 1.60. The molecule has 0 bridgehead atoms. The van der Waals surface area contributed by atoms with Crippen molar-refractivity contribution in [1.29, 1.82) is 0 Å². The lowest BCUT2D eigenvalue weighted by Crippen LogP contribution is -2.31. The molecule has 1 aromatic rings. The molecule has 0 aromatic heterocycles. The van der Waals surface area contributed by atoms with Crippen LogP contribution in [0, 0.1) is 0 Å². The highest BCUT2D eigenvalue weighted by Gasteiger charge is 2.19. The van der Waals surface area contributed by atoms with Gasteiger partial charge in [0, 0.05) is 18.2 Å². The Labute approximate surface area is 93.0 Å². The Hall–Kier alpha value is -0.540. The molecular weight excluding hydrogens is 242 g/mol. The Morgan fingerprint density at radius 2 is 2.29 bits per heavy atom. The van der Waals surface area contributed by atoms with Crippen LogP contribution in [0.5, 0.6) is 5.75 Å². The van der Waals surface area contributed by atoms with E-state index >= 15 is 0 Å². The minimum atomic E-state index is 0.467. The van der Waals surface area contributed by atoms with Gasteiger partial charge in [-0.05, 0) is 36.0 Å². The number of likely N-dealkylation sites (N-methyl/N-ethyl adjacent to an activating group) is 1. The van der Waals surface area contributed by atoms with Gasteiger partial charge in [0.2, 0.25) is 0 Å². The second-order valence-electron chi connectivity index (χ2n) is 3.80. The van der Waals surface area contributed by atoms with Crippen molar-refractivity contribution >= 4 is 15.9 Å². The van der Waals surface area contributed by atoms with Crippen LogP contribution < -0.4 is 4.74 Å². The average molecular weight is 256 g/mol. The van der Waals surface area contributed by atoms with E-state index in [0.717, 1.165) is 23.4 Å². The lowest BCUT2D eigenvalue weighted by molar-refractivity contribution is 0.189. The molecule has 0 radical (unpaired) electrons. The number of nitrogens with zero attached hydrogens (tertiary/aromatic N) is 1. The highest BCUT2D eigenvalue weighted by atomic mass is 79.9. The van der Waals surface area contributed by atoms with Crippen LogP contribution in [-0.2, 0) is 6.54 Å². The van der Waals surface area contributed by atoms with Crippen LogP contribution in [-0.4, -0.2) is 24.6 Å². The summed E-state index contributed by atoms with van der Waals surface area (Å²) in [5.74, 6) is 1.00. The molecule has 3 heteroatoms. The van der Waals surface area contributed by atoms with Gasteiger partial charge >= 0.3 is 0 Å². The zero-order chi connectivity index (χ0) is 10.1. The average Bonchev–Trinajstić information content (AvgIpc) is 2.29. The van der Waals surface area contributed by atoms with Gasteiger partial charge < -0.3 is 4.74 Å². The molecule has 1 unspecified atom stereocenters. The standard InChI is InChI=1S/C11H14BrNO/c1-8-7-14-11-9(6-13(8)2)4-3-5-10(11)12/h3-5,8H,6-7H2,1-2H3. The molecule has 76 valence electrons. The molecule has 0 aliphatic carbocycles. The van der Waals surface area contributed by atoms with Crippen LogP contribution in [0.1, 0.15) is 12.5 Å². The number of ether oxygens (including phenoxy) is 1. The van der Waals surface area contributed by atoms with Gasteiger partial charge in [-0.25, -0.2) is 0 Å². The normalized spacial score (nSPS) is 22.4. The number of halogens is 1. The summed E-state index contributed by atoms with van der Waals surface area (Å²) < 4.78 is 6.83. The van der Waals surface area contributed by atoms with E-state index in [1.165, 1.54) is 5.56 Å². The van der Waals surface area contributed by atoms with Crippen LogP contribution in [0.4, 0.5) is 0 Å². The number of hydrogen-bond donors (Lipinski definition) is 0. The molecule has 0 spiro atoms. The topological polar surface area (TPSA) is 12.5 Å². The van der Waals surface area contributed by atoms with E-state index < -0.39 is 0 Å². The highest BCUT2D eigenvalue weighted by Crippen LogP contribution is 2.32. The maximum atomic E-state index is 5.77. The highest BCUT2D eigenvalue weighted by molar-refractivity contribution is 9.10. The van der Waals surface area contributed by atoms with Crippen molar-refractivity contribution in [3.8, 4) is 5.75 Å². The van der Waals surface area contributed by atoms with E-state index in [-0.39, 0.29) is 0 Å². The summed E-state index contributed by atoms with van der Waals surface area (Å²) in [6, 6.07) is 6.66. The Kier molecular flexibility index (Phi) is 2.79. The third-order valence-corrected chi connectivity index (χ3v) is 3.31. The van der Waals surface area contributed by atoms with Gasteiger partial charge in [-0.3, -0.25) is 4.90 Å². The number of para-hydroxylation sites is 1. The minimum Gasteiger partial charge on any atom is -0.490 e. The molecule has 0 amide bonds. The first-order valence-corrected chi connectivity index (χ1v) is 5.58. The molecule has 1 atom stereocenters. The quantitative estimate of drug-likeness (QED) is 0.707. The van der Waals surface area contributed by atoms with Crippen LogP contribution in [0.15, 0.2) is 22.7 Å². The molecule has 2 nitrogen and oxygen atoms in total. The first-order chi connectivity index (χ1) is 6.68. The lowest BCUT2D eigenvalue weighted by Gasteiger charge is -2.19. The largest absolute Gasteiger partial charge is 0.490 e. The molecule has 1 aliphatic heterocycles. The van der Waals surface area contributed by atoms with Gasteiger partial charge in [-0.2, -0.15) is 0 Å². The zero-order valence-electron chi connectivity index (χ0n) is 8.46. The van der Waals surface area contributed by atoms with Crippen LogP contribution in [0.3, 0.4) is 0 Å². The Bertz CT molecular complexity index is 340. The fourth-order valence-corrected chi connectivity index (χ4v) is 2.12. The summed E-state index contributed by atoms with van der Waals surface area (Å²) in [5.41, 5.74) is 1.26. The summed E-state index contributed by atoms with van der Waals surface area (Å²) >= 11 is 3.51. The van der Waals surface area contributed by atoms with Crippen molar-refractivity contribution in [2.75, 3.05) is 13.7 Å². The number of hydrogen-bond acceptors (Lipinski definition) is 2. The summed E-state index contributed by atoms with van der Waals surface area (Å²) in [4.78, 5) is 2.30. The van der Waals surface area contributed by atoms with Gasteiger partial charge in [0.25, 0.3) is 0 Å². The van der Waals surface area contributed by atoms with Crippen LogP contribution in [0.2, 0.25) is 0 Å². The molecule has 2 rings (SSSR count). The van der Waals surface area contributed by atoms with Crippen molar-refractivity contribution in [3.63, 3.8) is 0 Å². The zero-order valence-corrected chi connectivity index (χ0v) is 10.0. The van der Waals surface area contributed by atoms with Gasteiger partial charge in [0.1, 0.15) is 12.4 Å². The Morgan fingerprint density at radius 3 is 3.07 bits per heavy atom. The predicted molar refractivity (Wildman–Crippen MR) is 60.6 cm³/mol. The molecule has 0 N–H and O–H groups in total. The first kappa shape index (κ1) is 9.99. The van der Waals surface area contributed by atoms with E-state index in [9.17, 15) is 0 Å². The van der Waals surface area contributed by atoms with Crippen molar-refractivity contribution in [3.05, 3.63) is 28.2 Å². The maximum Gasteiger partial charge on any atom is 0.138 e. The summed E-state index contributed by atoms with van der Waals surface area (Å²) in [5, 5.41) is 0. The number of rotatable bonds is 0. The van der Waals surface area contributed by atoms with E-state index in [0.29, 0.717) is 6.04 Å². The third-order valence-electron chi connectivity index (χ3n) is 2.69. The van der Waals surface area contributed by atoms with Crippen LogP contribution in [0.25, 0.3) is 0 Å². The maximum absolute atomic E-state index is 5.77. The molecule has 1 heterocycles. The third kappa shape index (κ3) is 1.79. The van der Waals surface area contributed by atoms with Gasteiger partial charge in [0.15, 0.2) is 0 Å².